The SMILES string of the molecule is Br.CCc1ccc(N(CC(=O)c2ccc(Br)cc2)C2=NC(CC)CS2)cc1. The van der Waals surface area contributed by atoms with Gasteiger partial charge in [-0.1, -0.05) is 65.8 Å². The molecule has 0 aromatic heterocycles. The number of rotatable bonds is 6. The molecule has 0 radical (unpaired) electrons. The minimum atomic E-state index is 0. The fraction of sp³-hybridized carbons (Fsp3) is 0.333. The molecule has 1 aliphatic heterocycles. The highest BCUT2D eigenvalue weighted by Crippen LogP contribution is 2.27. The van der Waals surface area contributed by atoms with E-state index in [0.717, 1.165) is 39.5 Å². The molecule has 2 aromatic carbocycles. The fourth-order valence-corrected chi connectivity index (χ4v) is 4.28. The van der Waals surface area contributed by atoms with Gasteiger partial charge in [0.2, 0.25) is 0 Å². The van der Waals surface area contributed by atoms with Crippen LogP contribution in [-0.4, -0.2) is 29.3 Å². The van der Waals surface area contributed by atoms with Gasteiger partial charge in [-0.2, -0.15) is 0 Å². The maximum Gasteiger partial charge on any atom is 0.182 e. The molecule has 3 nitrogen and oxygen atoms in total. The van der Waals surface area contributed by atoms with Crippen LogP contribution in [-0.2, 0) is 6.42 Å². The second-order valence-corrected chi connectivity index (χ2v) is 8.22. The van der Waals surface area contributed by atoms with Crippen LogP contribution < -0.4 is 4.90 Å². The summed E-state index contributed by atoms with van der Waals surface area (Å²) in [6.45, 7) is 4.60. The predicted molar refractivity (Wildman–Crippen MR) is 126 cm³/mol. The summed E-state index contributed by atoms with van der Waals surface area (Å²) in [6.07, 6.45) is 2.03. The molecule has 0 saturated heterocycles. The van der Waals surface area contributed by atoms with Gasteiger partial charge >= 0.3 is 0 Å². The minimum absolute atomic E-state index is 0. The van der Waals surface area contributed by atoms with Crippen molar-refractivity contribution in [2.75, 3.05) is 17.2 Å². The number of benzene rings is 2. The van der Waals surface area contributed by atoms with Crippen LogP contribution in [0, 0.1) is 0 Å². The molecule has 1 unspecified atom stereocenters. The van der Waals surface area contributed by atoms with Gasteiger partial charge < -0.3 is 4.90 Å². The van der Waals surface area contributed by atoms with E-state index in [9.17, 15) is 4.79 Å². The Balaban J connectivity index is 0.00000261. The summed E-state index contributed by atoms with van der Waals surface area (Å²) >= 11 is 5.16. The Kier molecular flexibility index (Phi) is 8.58. The third-order valence-corrected chi connectivity index (χ3v) is 6.19. The Morgan fingerprint density at radius 1 is 1.15 bits per heavy atom. The minimum Gasteiger partial charge on any atom is -0.313 e. The zero-order chi connectivity index (χ0) is 18.5. The lowest BCUT2D eigenvalue weighted by atomic mass is 10.1. The largest absolute Gasteiger partial charge is 0.313 e. The van der Waals surface area contributed by atoms with Crippen LogP contribution in [0.25, 0.3) is 0 Å². The van der Waals surface area contributed by atoms with Gasteiger partial charge in [0, 0.05) is 21.5 Å². The Labute approximate surface area is 184 Å². The van der Waals surface area contributed by atoms with E-state index < -0.39 is 0 Å². The lowest BCUT2D eigenvalue weighted by Crippen LogP contribution is -2.33. The van der Waals surface area contributed by atoms with Crippen molar-refractivity contribution in [2.24, 2.45) is 4.99 Å². The van der Waals surface area contributed by atoms with Crippen molar-refractivity contribution in [1.82, 2.24) is 0 Å². The number of hydrogen-bond donors (Lipinski definition) is 0. The molecule has 2 aromatic rings. The lowest BCUT2D eigenvalue weighted by Gasteiger charge is -2.23. The van der Waals surface area contributed by atoms with Crippen LogP contribution >= 0.6 is 44.7 Å². The van der Waals surface area contributed by atoms with Gasteiger partial charge in [0.25, 0.3) is 0 Å². The molecule has 0 spiro atoms. The summed E-state index contributed by atoms with van der Waals surface area (Å²) in [7, 11) is 0. The zero-order valence-corrected chi connectivity index (χ0v) is 19.6. The van der Waals surface area contributed by atoms with E-state index in [4.69, 9.17) is 4.99 Å². The zero-order valence-electron chi connectivity index (χ0n) is 15.5. The molecule has 27 heavy (non-hydrogen) atoms. The highest BCUT2D eigenvalue weighted by atomic mass is 79.9. The number of amidine groups is 1. The molecule has 0 amide bonds. The number of anilines is 1. The van der Waals surface area contributed by atoms with Gasteiger partial charge in [-0.15, -0.1) is 17.0 Å². The average Bonchev–Trinajstić information content (AvgIpc) is 3.15. The van der Waals surface area contributed by atoms with Crippen molar-refractivity contribution >= 4 is 61.3 Å². The molecule has 0 fully saturated rings. The molecule has 0 bridgehead atoms. The maximum atomic E-state index is 12.8. The van der Waals surface area contributed by atoms with Gasteiger partial charge in [-0.3, -0.25) is 9.79 Å². The molecule has 6 heteroatoms. The van der Waals surface area contributed by atoms with E-state index in [1.54, 1.807) is 11.8 Å². The molecule has 3 rings (SSSR count). The number of thioether (sulfide) groups is 1. The Hall–Kier alpha value is -1.11. The number of nitrogens with zero attached hydrogens (tertiary/aromatic N) is 2. The first-order valence-electron chi connectivity index (χ1n) is 8.96. The van der Waals surface area contributed by atoms with E-state index in [1.165, 1.54) is 5.56 Å². The maximum absolute atomic E-state index is 12.8. The monoisotopic (exact) mass is 510 g/mol. The van der Waals surface area contributed by atoms with Crippen molar-refractivity contribution < 1.29 is 4.79 Å². The molecular weight excluding hydrogens is 488 g/mol. The number of Topliss-reactive ketones (excluding diaryl/α,β-unsaturated/α-hetero) is 1. The number of carbonyl (C=O) groups excluding carboxylic acids is 1. The van der Waals surface area contributed by atoms with Crippen LogP contribution in [0.15, 0.2) is 58.0 Å². The number of ketones is 1. The van der Waals surface area contributed by atoms with Crippen molar-refractivity contribution in [3.05, 3.63) is 64.1 Å². The molecule has 1 aliphatic rings. The van der Waals surface area contributed by atoms with Gasteiger partial charge in [-0.25, -0.2) is 0 Å². The van der Waals surface area contributed by atoms with E-state index >= 15 is 0 Å². The standard InChI is InChI=1S/C21H23BrN2OS.BrH/c1-3-15-5-11-19(12-6-15)24(21-23-18(4-2)14-26-21)13-20(25)16-7-9-17(22)10-8-16;/h5-12,18H,3-4,13-14H2,1-2H3;1H. The molecule has 144 valence electrons. The summed E-state index contributed by atoms with van der Waals surface area (Å²) < 4.78 is 0.975. The second-order valence-electron chi connectivity index (χ2n) is 6.32. The number of aliphatic imine (C=N–C) groups is 1. The molecule has 0 aliphatic carbocycles. The average molecular weight is 512 g/mol. The van der Waals surface area contributed by atoms with Crippen LogP contribution in [0.3, 0.4) is 0 Å². The number of aryl methyl sites for hydroxylation is 1. The van der Waals surface area contributed by atoms with Crippen molar-refractivity contribution in [3.8, 4) is 0 Å². The summed E-state index contributed by atoms with van der Waals surface area (Å²) in [4.78, 5) is 19.7. The predicted octanol–water partition coefficient (Wildman–Crippen LogP) is 6.16. The van der Waals surface area contributed by atoms with Gasteiger partial charge in [-0.05, 0) is 42.7 Å². The summed E-state index contributed by atoms with van der Waals surface area (Å²) in [6, 6.07) is 16.3. The van der Waals surface area contributed by atoms with Gasteiger partial charge in [0.15, 0.2) is 11.0 Å². The number of carbonyl (C=O) groups is 1. The first-order valence-corrected chi connectivity index (χ1v) is 10.7. The highest BCUT2D eigenvalue weighted by molar-refractivity contribution is 9.10. The van der Waals surface area contributed by atoms with Crippen LogP contribution in [0.4, 0.5) is 5.69 Å². The van der Waals surface area contributed by atoms with Crippen molar-refractivity contribution in [2.45, 2.75) is 32.7 Å². The fourth-order valence-electron chi connectivity index (χ4n) is 2.81. The van der Waals surface area contributed by atoms with E-state index in [-0.39, 0.29) is 22.8 Å². The van der Waals surface area contributed by atoms with Gasteiger partial charge in [0.05, 0.1) is 12.6 Å². The second kappa shape index (κ2) is 10.4. The van der Waals surface area contributed by atoms with E-state index in [0.29, 0.717) is 12.6 Å². The van der Waals surface area contributed by atoms with Crippen molar-refractivity contribution in [3.63, 3.8) is 0 Å². The third-order valence-electron chi connectivity index (χ3n) is 4.52. The van der Waals surface area contributed by atoms with Crippen LogP contribution in [0.1, 0.15) is 36.2 Å². The van der Waals surface area contributed by atoms with Crippen molar-refractivity contribution in [1.29, 1.82) is 0 Å². The Morgan fingerprint density at radius 2 is 1.81 bits per heavy atom. The van der Waals surface area contributed by atoms with E-state index in [1.807, 2.05) is 24.3 Å². The Morgan fingerprint density at radius 3 is 2.37 bits per heavy atom. The van der Waals surface area contributed by atoms with Gasteiger partial charge in [0.1, 0.15) is 0 Å². The number of halogens is 2. The molecule has 1 atom stereocenters. The number of hydrogen-bond acceptors (Lipinski definition) is 4. The smallest absolute Gasteiger partial charge is 0.182 e. The first kappa shape index (κ1) is 22.2. The summed E-state index contributed by atoms with van der Waals surface area (Å²) in [5, 5.41) is 0.951. The highest BCUT2D eigenvalue weighted by Gasteiger charge is 2.25. The quantitative estimate of drug-likeness (QED) is 0.435. The molecule has 1 heterocycles. The molecular formula is C21H24Br2N2OS. The van der Waals surface area contributed by atoms with E-state index in [2.05, 4.69) is 58.9 Å². The topological polar surface area (TPSA) is 32.7 Å². The Bertz CT molecular complexity index is 791. The van der Waals surface area contributed by atoms with Crippen LogP contribution in [0.2, 0.25) is 0 Å². The molecule has 0 saturated carbocycles. The summed E-state index contributed by atoms with van der Waals surface area (Å²) in [5.41, 5.74) is 3.04. The molecule has 0 N–H and O–H groups in total. The first-order chi connectivity index (χ1) is 12.6. The normalized spacial score (nSPS) is 15.8. The van der Waals surface area contributed by atoms with Crippen LogP contribution in [0.5, 0.6) is 0 Å². The lowest BCUT2D eigenvalue weighted by molar-refractivity contribution is 0.100. The third kappa shape index (κ3) is 5.69. The summed E-state index contributed by atoms with van der Waals surface area (Å²) in [5.74, 6) is 1.09.